The first-order valence-corrected chi connectivity index (χ1v) is 12.3. The molecule has 0 aliphatic carbocycles. The maximum atomic E-state index is 4.85. The van der Waals surface area contributed by atoms with Crippen LogP contribution in [0, 0.1) is 11.8 Å². The monoisotopic (exact) mass is 434 g/mol. The first-order valence-electron chi connectivity index (χ1n) is 12.3. The van der Waals surface area contributed by atoms with Gasteiger partial charge in [-0.2, -0.15) is 0 Å². The van der Waals surface area contributed by atoms with Crippen molar-refractivity contribution in [3.8, 4) is 11.3 Å². The maximum absolute atomic E-state index is 4.85. The third kappa shape index (κ3) is 3.62. The van der Waals surface area contributed by atoms with Gasteiger partial charge in [-0.25, -0.2) is 0 Å². The number of benzene rings is 3. The molecule has 5 rings (SSSR count). The van der Waals surface area contributed by atoms with Gasteiger partial charge in [-0.3, -0.25) is 4.98 Å². The summed E-state index contributed by atoms with van der Waals surface area (Å²) < 4.78 is 2.45. The van der Waals surface area contributed by atoms with Gasteiger partial charge in [0.2, 0.25) is 0 Å². The minimum Gasteiger partial charge on any atom is -0.338 e. The van der Waals surface area contributed by atoms with Gasteiger partial charge in [0.1, 0.15) is 0 Å². The average Bonchev–Trinajstić information content (AvgIpc) is 3.12. The SMILES string of the molecule is CC(C)C(c1ccc2c(-c3ccc4c5ccccc5n(C(C)C)c4c3)nccc2c1)C(C)C. The summed E-state index contributed by atoms with van der Waals surface area (Å²) in [7, 11) is 0. The van der Waals surface area contributed by atoms with Crippen LogP contribution in [0.25, 0.3) is 43.8 Å². The van der Waals surface area contributed by atoms with E-state index in [2.05, 4.69) is 113 Å². The molecule has 0 saturated heterocycles. The minimum atomic E-state index is 0.384. The molecule has 2 aromatic heterocycles. The number of rotatable bonds is 5. The van der Waals surface area contributed by atoms with E-state index < -0.39 is 0 Å². The van der Waals surface area contributed by atoms with Gasteiger partial charge in [-0.05, 0) is 60.7 Å². The molecule has 0 fully saturated rings. The number of hydrogen-bond donors (Lipinski definition) is 0. The number of nitrogens with zero attached hydrogens (tertiary/aromatic N) is 2. The van der Waals surface area contributed by atoms with E-state index in [0.717, 1.165) is 5.69 Å². The summed E-state index contributed by atoms with van der Waals surface area (Å²) in [5.74, 6) is 1.79. The summed E-state index contributed by atoms with van der Waals surface area (Å²) in [4.78, 5) is 4.85. The van der Waals surface area contributed by atoms with E-state index in [0.29, 0.717) is 23.8 Å². The Morgan fingerprint density at radius 3 is 2.09 bits per heavy atom. The molecular weight excluding hydrogens is 400 g/mol. The summed E-state index contributed by atoms with van der Waals surface area (Å²) in [6.07, 6.45) is 1.96. The van der Waals surface area contributed by atoms with Gasteiger partial charge in [0.15, 0.2) is 0 Å². The van der Waals surface area contributed by atoms with Crippen molar-refractivity contribution >= 4 is 32.6 Å². The molecule has 0 N–H and O–H groups in total. The van der Waals surface area contributed by atoms with E-state index in [9.17, 15) is 0 Å². The third-order valence-corrected chi connectivity index (χ3v) is 7.11. The van der Waals surface area contributed by atoms with Crippen molar-refractivity contribution in [2.24, 2.45) is 11.8 Å². The molecule has 0 unspecified atom stereocenters. The van der Waals surface area contributed by atoms with Crippen LogP contribution in [0.15, 0.2) is 72.9 Å². The molecule has 0 aliphatic rings. The van der Waals surface area contributed by atoms with Crippen LogP contribution in [0.2, 0.25) is 0 Å². The molecule has 0 aliphatic heterocycles. The highest BCUT2D eigenvalue weighted by Crippen LogP contribution is 2.37. The van der Waals surface area contributed by atoms with Gasteiger partial charge in [0, 0.05) is 39.5 Å². The smallest absolute Gasteiger partial charge is 0.0781 e. The van der Waals surface area contributed by atoms with E-state index in [1.54, 1.807) is 0 Å². The fourth-order valence-electron chi connectivity index (χ4n) is 5.88. The maximum Gasteiger partial charge on any atom is 0.0781 e. The molecule has 0 atom stereocenters. The van der Waals surface area contributed by atoms with E-state index in [1.165, 1.54) is 43.7 Å². The van der Waals surface area contributed by atoms with Crippen LogP contribution >= 0.6 is 0 Å². The molecule has 0 bridgehead atoms. The van der Waals surface area contributed by atoms with Crippen LogP contribution in [0.1, 0.15) is 59.1 Å². The van der Waals surface area contributed by atoms with Crippen LogP contribution < -0.4 is 0 Å². The molecule has 2 heteroatoms. The molecule has 2 nitrogen and oxygen atoms in total. The number of fused-ring (bicyclic) bond motifs is 4. The topological polar surface area (TPSA) is 17.8 Å². The quantitative estimate of drug-likeness (QED) is 0.270. The lowest BCUT2D eigenvalue weighted by molar-refractivity contribution is 0.388. The Morgan fingerprint density at radius 1 is 0.667 bits per heavy atom. The second-order valence-electron chi connectivity index (χ2n) is 10.4. The molecule has 0 saturated carbocycles. The highest BCUT2D eigenvalue weighted by Gasteiger charge is 2.20. The third-order valence-electron chi connectivity index (χ3n) is 7.11. The summed E-state index contributed by atoms with van der Waals surface area (Å²) in [5.41, 5.74) is 6.24. The van der Waals surface area contributed by atoms with Gasteiger partial charge >= 0.3 is 0 Å². The number of hydrogen-bond acceptors (Lipinski definition) is 1. The molecule has 0 radical (unpaired) electrons. The van der Waals surface area contributed by atoms with Crippen molar-refractivity contribution in [1.29, 1.82) is 0 Å². The highest BCUT2D eigenvalue weighted by molar-refractivity contribution is 6.09. The summed E-state index contributed by atoms with van der Waals surface area (Å²) in [5, 5.41) is 5.12. The second-order valence-corrected chi connectivity index (χ2v) is 10.4. The minimum absolute atomic E-state index is 0.384. The Bertz CT molecular complexity index is 1440. The summed E-state index contributed by atoms with van der Waals surface area (Å²) in [6.45, 7) is 13.8. The largest absolute Gasteiger partial charge is 0.338 e. The van der Waals surface area contributed by atoms with Crippen LogP contribution in [0.5, 0.6) is 0 Å². The predicted octanol–water partition coefficient (Wildman–Crippen LogP) is 8.99. The van der Waals surface area contributed by atoms with Crippen molar-refractivity contribution in [3.63, 3.8) is 0 Å². The lowest BCUT2D eigenvalue weighted by atomic mass is 9.79. The molecule has 33 heavy (non-hydrogen) atoms. The zero-order chi connectivity index (χ0) is 23.3. The van der Waals surface area contributed by atoms with Crippen LogP contribution in [-0.2, 0) is 0 Å². The van der Waals surface area contributed by atoms with E-state index in [1.807, 2.05) is 6.20 Å². The van der Waals surface area contributed by atoms with Gasteiger partial charge in [0.25, 0.3) is 0 Å². The zero-order valence-electron chi connectivity index (χ0n) is 20.6. The van der Waals surface area contributed by atoms with Crippen LogP contribution in [0.4, 0.5) is 0 Å². The van der Waals surface area contributed by atoms with E-state index in [4.69, 9.17) is 4.98 Å². The molecule has 0 spiro atoms. The first-order chi connectivity index (χ1) is 15.9. The Hall–Kier alpha value is -3.13. The molecule has 5 aromatic rings. The molecule has 3 aromatic carbocycles. The highest BCUT2D eigenvalue weighted by atomic mass is 15.0. The Labute approximate surface area is 197 Å². The Morgan fingerprint density at radius 2 is 1.36 bits per heavy atom. The zero-order valence-corrected chi connectivity index (χ0v) is 20.6. The van der Waals surface area contributed by atoms with E-state index in [-0.39, 0.29) is 0 Å². The van der Waals surface area contributed by atoms with Crippen LogP contribution in [-0.4, -0.2) is 9.55 Å². The number of pyridine rings is 1. The van der Waals surface area contributed by atoms with Crippen molar-refractivity contribution in [3.05, 3.63) is 78.5 Å². The normalized spacial score (nSPS) is 12.4. The number of aromatic nitrogens is 2. The van der Waals surface area contributed by atoms with Gasteiger partial charge in [-0.1, -0.05) is 76.2 Å². The molecular formula is C31H34N2. The van der Waals surface area contributed by atoms with Crippen LogP contribution in [0.3, 0.4) is 0 Å². The fourth-order valence-corrected chi connectivity index (χ4v) is 5.88. The summed E-state index contributed by atoms with van der Waals surface area (Å²) >= 11 is 0. The lowest BCUT2D eigenvalue weighted by Gasteiger charge is -2.25. The average molecular weight is 435 g/mol. The fraction of sp³-hybridized carbons (Fsp3) is 0.323. The van der Waals surface area contributed by atoms with Crippen molar-refractivity contribution in [2.45, 2.75) is 53.5 Å². The molecule has 0 amide bonds. The van der Waals surface area contributed by atoms with E-state index >= 15 is 0 Å². The van der Waals surface area contributed by atoms with Crippen molar-refractivity contribution in [2.75, 3.05) is 0 Å². The lowest BCUT2D eigenvalue weighted by Crippen LogP contribution is -2.13. The standard InChI is InChI=1S/C31H34N2/c1-19(2)30(20(3)4)23-11-13-25-22(17-23)15-16-32-31(25)24-12-14-27-26-9-7-8-10-28(26)33(21(5)6)29(27)18-24/h7-21,30H,1-6H3. The molecule has 2 heterocycles. The van der Waals surface area contributed by atoms with Gasteiger partial charge in [0.05, 0.1) is 11.2 Å². The van der Waals surface area contributed by atoms with Crippen molar-refractivity contribution in [1.82, 2.24) is 9.55 Å². The molecule has 168 valence electrons. The second kappa shape index (κ2) is 8.33. The van der Waals surface area contributed by atoms with Gasteiger partial charge in [-0.15, -0.1) is 0 Å². The Kier molecular flexibility index (Phi) is 5.48. The van der Waals surface area contributed by atoms with Gasteiger partial charge < -0.3 is 4.57 Å². The Balaban J connectivity index is 1.70. The summed E-state index contributed by atoms with van der Waals surface area (Å²) in [6, 6.07) is 25.1. The van der Waals surface area contributed by atoms with Crippen molar-refractivity contribution < 1.29 is 0 Å². The predicted molar refractivity (Wildman–Crippen MR) is 143 cm³/mol. The number of para-hydroxylation sites is 1. The first kappa shape index (κ1) is 21.7.